The van der Waals surface area contributed by atoms with E-state index in [2.05, 4.69) is 5.10 Å². The minimum Gasteiger partial charge on any atom is -0.339 e. The first-order valence-electron chi connectivity index (χ1n) is 6.54. The maximum absolute atomic E-state index is 14.3. The molecule has 2 rings (SSSR count). The van der Waals surface area contributed by atoms with E-state index in [0.717, 1.165) is 5.56 Å². The SMILES string of the molecule is Cc1cnn([C@H]2CCN(C(=O)C(C)C)C[C@@H]2F)c1Cl. The maximum atomic E-state index is 14.3. The predicted octanol–water partition coefficient (Wildman–Crippen LogP) is 2.61. The van der Waals surface area contributed by atoms with Crippen LogP contribution in [0.5, 0.6) is 0 Å². The third-order valence-corrected chi connectivity index (χ3v) is 4.00. The zero-order valence-electron chi connectivity index (χ0n) is 11.4. The third kappa shape index (κ3) is 2.76. The van der Waals surface area contributed by atoms with Crippen LogP contribution in [0.4, 0.5) is 4.39 Å². The average Bonchev–Trinajstić information content (AvgIpc) is 2.69. The van der Waals surface area contributed by atoms with Gasteiger partial charge in [0, 0.05) is 18.0 Å². The second kappa shape index (κ2) is 5.49. The Labute approximate surface area is 117 Å². The maximum Gasteiger partial charge on any atom is 0.225 e. The van der Waals surface area contributed by atoms with Crippen LogP contribution in [0.2, 0.25) is 5.15 Å². The van der Waals surface area contributed by atoms with Crippen LogP contribution in [0.25, 0.3) is 0 Å². The number of aryl methyl sites for hydroxylation is 1. The van der Waals surface area contributed by atoms with E-state index in [-0.39, 0.29) is 24.4 Å². The fraction of sp³-hybridized carbons (Fsp3) is 0.692. The fourth-order valence-electron chi connectivity index (χ4n) is 2.40. The summed E-state index contributed by atoms with van der Waals surface area (Å²) in [5.74, 6) is -0.0943. The number of alkyl halides is 1. The summed E-state index contributed by atoms with van der Waals surface area (Å²) in [5, 5.41) is 4.62. The summed E-state index contributed by atoms with van der Waals surface area (Å²) in [6.45, 7) is 6.18. The highest BCUT2D eigenvalue weighted by Gasteiger charge is 2.34. The lowest BCUT2D eigenvalue weighted by Crippen LogP contribution is -2.47. The van der Waals surface area contributed by atoms with Crippen LogP contribution in [-0.4, -0.2) is 39.8 Å². The van der Waals surface area contributed by atoms with Crippen LogP contribution >= 0.6 is 11.6 Å². The fourth-order valence-corrected chi connectivity index (χ4v) is 2.62. The molecule has 1 aromatic rings. The molecule has 4 nitrogen and oxygen atoms in total. The smallest absolute Gasteiger partial charge is 0.225 e. The van der Waals surface area contributed by atoms with E-state index in [1.165, 1.54) is 0 Å². The molecular formula is C13H19ClFN3O. The molecule has 0 N–H and O–H groups in total. The summed E-state index contributed by atoms with van der Waals surface area (Å²) in [4.78, 5) is 13.5. The highest BCUT2D eigenvalue weighted by molar-refractivity contribution is 6.30. The van der Waals surface area contributed by atoms with E-state index in [1.807, 2.05) is 20.8 Å². The molecule has 0 radical (unpaired) electrons. The van der Waals surface area contributed by atoms with Crippen molar-refractivity contribution in [2.45, 2.75) is 39.4 Å². The van der Waals surface area contributed by atoms with Gasteiger partial charge in [0.25, 0.3) is 0 Å². The normalized spacial score (nSPS) is 24.0. The Morgan fingerprint density at radius 3 is 2.74 bits per heavy atom. The number of halogens is 2. The molecule has 6 heteroatoms. The minimum atomic E-state index is -1.13. The number of amides is 1. The van der Waals surface area contributed by atoms with Crippen LogP contribution in [0.15, 0.2) is 6.20 Å². The van der Waals surface area contributed by atoms with Crippen molar-refractivity contribution in [3.05, 3.63) is 16.9 Å². The summed E-state index contributed by atoms with van der Waals surface area (Å²) in [6, 6.07) is -0.377. The average molecular weight is 288 g/mol. The van der Waals surface area contributed by atoms with E-state index in [9.17, 15) is 9.18 Å². The highest BCUT2D eigenvalue weighted by atomic mass is 35.5. The van der Waals surface area contributed by atoms with Gasteiger partial charge in [-0.3, -0.25) is 4.79 Å². The molecule has 19 heavy (non-hydrogen) atoms. The molecule has 0 saturated carbocycles. The lowest BCUT2D eigenvalue weighted by Gasteiger charge is -2.35. The Balaban J connectivity index is 2.09. The molecule has 106 valence electrons. The Kier molecular flexibility index (Phi) is 4.13. The number of hydrogen-bond donors (Lipinski definition) is 0. The molecule has 2 atom stereocenters. The molecule has 1 saturated heterocycles. The van der Waals surface area contributed by atoms with Crippen molar-refractivity contribution in [1.29, 1.82) is 0 Å². The molecule has 1 fully saturated rings. The van der Waals surface area contributed by atoms with E-state index in [1.54, 1.807) is 15.8 Å². The monoisotopic (exact) mass is 287 g/mol. The van der Waals surface area contributed by atoms with Gasteiger partial charge in [0.1, 0.15) is 11.3 Å². The van der Waals surface area contributed by atoms with Gasteiger partial charge in [-0.1, -0.05) is 25.4 Å². The van der Waals surface area contributed by atoms with E-state index >= 15 is 0 Å². The van der Waals surface area contributed by atoms with Crippen molar-refractivity contribution >= 4 is 17.5 Å². The topological polar surface area (TPSA) is 38.1 Å². The second-order valence-corrected chi connectivity index (χ2v) is 5.73. The summed E-state index contributed by atoms with van der Waals surface area (Å²) in [6.07, 6.45) is 1.05. The van der Waals surface area contributed by atoms with Crippen LogP contribution in [0, 0.1) is 12.8 Å². The van der Waals surface area contributed by atoms with Gasteiger partial charge in [0.2, 0.25) is 5.91 Å². The number of nitrogens with zero attached hydrogens (tertiary/aromatic N) is 3. The zero-order valence-corrected chi connectivity index (χ0v) is 12.2. The first-order valence-corrected chi connectivity index (χ1v) is 6.92. The van der Waals surface area contributed by atoms with E-state index < -0.39 is 6.17 Å². The van der Waals surface area contributed by atoms with Gasteiger partial charge < -0.3 is 4.90 Å². The Morgan fingerprint density at radius 1 is 1.58 bits per heavy atom. The number of carbonyl (C=O) groups is 1. The summed E-state index contributed by atoms with van der Waals surface area (Å²) < 4.78 is 15.8. The third-order valence-electron chi connectivity index (χ3n) is 3.53. The van der Waals surface area contributed by atoms with Gasteiger partial charge in [-0.2, -0.15) is 5.10 Å². The first kappa shape index (κ1) is 14.3. The predicted molar refractivity (Wildman–Crippen MR) is 71.9 cm³/mol. The second-order valence-electron chi connectivity index (χ2n) is 5.37. The molecule has 1 aromatic heterocycles. The van der Waals surface area contributed by atoms with Gasteiger partial charge in [-0.05, 0) is 13.3 Å². The van der Waals surface area contributed by atoms with Gasteiger partial charge in [-0.15, -0.1) is 0 Å². The minimum absolute atomic E-state index is 0.00356. The number of aromatic nitrogens is 2. The number of carbonyl (C=O) groups excluding carboxylic acids is 1. The quantitative estimate of drug-likeness (QED) is 0.839. The van der Waals surface area contributed by atoms with Crippen molar-refractivity contribution in [2.75, 3.05) is 13.1 Å². The lowest BCUT2D eigenvalue weighted by molar-refractivity contribution is -0.137. The molecule has 2 heterocycles. The largest absolute Gasteiger partial charge is 0.339 e. The molecule has 0 unspecified atom stereocenters. The van der Waals surface area contributed by atoms with E-state index in [4.69, 9.17) is 11.6 Å². The van der Waals surface area contributed by atoms with Gasteiger partial charge in [-0.25, -0.2) is 9.07 Å². The van der Waals surface area contributed by atoms with Gasteiger partial charge in [0.05, 0.1) is 18.8 Å². The first-order chi connectivity index (χ1) is 8.91. The van der Waals surface area contributed by atoms with E-state index in [0.29, 0.717) is 18.1 Å². The molecule has 0 bridgehead atoms. The standard InChI is InChI=1S/C13H19ClFN3O/c1-8(2)13(19)17-5-4-11(10(15)7-17)18-12(14)9(3)6-16-18/h6,8,10-11H,4-5,7H2,1-3H3/t10-,11-/m0/s1. The van der Waals surface area contributed by atoms with Crippen LogP contribution in [0.1, 0.15) is 31.9 Å². The Hall–Kier alpha value is -1.10. The number of hydrogen-bond acceptors (Lipinski definition) is 2. The Bertz CT molecular complexity index is 474. The van der Waals surface area contributed by atoms with Crippen molar-refractivity contribution in [1.82, 2.24) is 14.7 Å². The van der Waals surface area contributed by atoms with Crippen molar-refractivity contribution in [3.8, 4) is 0 Å². The van der Waals surface area contributed by atoms with Crippen LogP contribution in [-0.2, 0) is 4.79 Å². The van der Waals surface area contributed by atoms with Gasteiger partial charge in [0.15, 0.2) is 0 Å². The zero-order chi connectivity index (χ0) is 14.2. The molecular weight excluding hydrogens is 269 g/mol. The molecule has 0 aliphatic carbocycles. The number of rotatable bonds is 2. The Morgan fingerprint density at radius 2 is 2.26 bits per heavy atom. The van der Waals surface area contributed by atoms with Crippen LogP contribution < -0.4 is 0 Å². The molecule has 1 aliphatic heterocycles. The summed E-state index contributed by atoms with van der Waals surface area (Å²) in [5.41, 5.74) is 0.842. The molecule has 1 aliphatic rings. The van der Waals surface area contributed by atoms with Crippen molar-refractivity contribution < 1.29 is 9.18 Å². The summed E-state index contributed by atoms with van der Waals surface area (Å²) >= 11 is 6.11. The highest BCUT2D eigenvalue weighted by Crippen LogP contribution is 2.29. The number of piperidine rings is 1. The molecule has 0 spiro atoms. The summed E-state index contributed by atoms with van der Waals surface area (Å²) in [7, 11) is 0. The molecule has 0 aromatic carbocycles. The lowest BCUT2D eigenvalue weighted by atomic mass is 10.0. The van der Waals surface area contributed by atoms with Gasteiger partial charge >= 0.3 is 0 Å². The van der Waals surface area contributed by atoms with Crippen molar-refractivity contribution in [2.24, 2.45) is 5.92 Å². The number of likely N-dealkylation sites (tertiary alicyclic amines) is 1. The molecule has 1 amide bonds. The van der Waals surface area contributed by atoms with Crippen molar-refractivity contribution in [3.63, 3.8) is 0 Å². The van der Waals surface area contributed by atoms with Crippen LogP contribution in [0.3, 0.4) is 0 Å².